The summed E-state index contributed by atoms with van der Waals surface area (Å²) in [6.45, 7) is 13.0. The lowest BCUT2D eigenvalue weighted by molar-refractivity contribution is 0.00578. The molecule has 0 saturated carbocycles. The van der Waals surface area contributed by atoms with E-state index in [-0.39, 0.29) is 17.5 Å². The van der Waals surface area contributed by atoms with E-state index in [1.165, 1.54) is 6.08 Å². The van der Waals surface area contributed by atoms with Crippen LogP contribution in [-0.4, -0.2) is 23.4 Å². The molecule has 0 aromatic heterocycles. The van der Waals surface area contributed by atoms with Crippen LogP contribution in [-0.2, 0) is 9.31 Å². The molecule has 1 N–H and O–H groups in total. The van der Waals surface area contributed by atoms with Crippen molar-refractivity contribution in [2.45, 2.75) is 66.1 Å². The number of hydrogen-bond acceptors (Lipinski definition) is 3. The second kappa shape index (κ2) is 5.90. The average Bonchev–Trinajstić information content (AvgIpc) is 2.53. The van der Waals surface area contributed by atoms with E-state index in [2.05, 4.69) is 0 Å². The predicted octanol–water partition coefficient (Wildman–Crippen LogP) is 4.35. The van der Waals surface area contributed by atoms with E-state index in [1.54, 1.807) is 13.8 Å². The Balaban J connectivity index is 3.15. The zero-order valence-corrected chi connectivity index (χ0v) is 13.6. The van der Waals surface area contributed by atoms with E-state index < -0.39 is 18.3 Å². The van der Waals surface area contributed by atoms with Gasteiger partial charge in [0.05, 0.1) is 17.0 Å². The van der Waals surface area contributed by atoms with Crippen molar-refractivity contribution in [1.82, 2.24) is 0 Å². The van der Waals surface area contributed by atoms with Gasteiger partial charge in [-0.15, -0.1) is 0 Å². The Morgan fingerprint density at radius 2 is 1.65 bits per heavy atom. The van der Waals surface area contributed by atoms with Gasteiger partial charge in [-0.3, -0.25) is 0 Å². The summed E-state index contributed by atoms with van der Waals surface area (Å²) in [5.41, 5.74) is -0.657. The van der Waals surface area contributed by atoms with E-state index in [0.717, 1.165) is 0 Å². The van der Waals surface area contributed by atoms with Crippen molar-refractivity contribution in [3.05, 3.63) is 23.1 Å². The largest absolute Gasteiger partial charge is 0.513 e. The highest BCUT2D eigenvalue weighted by Crippen LogP contribution is 2.39. The molecule has 20 heavy (non-hydrogen) atoms. The number of allylic oxidation sites excluding steroid dienone is 4. The molecular formula is C15H26BFO3. The fraction of sp³-hybridized carbons (Fsp3) is 0.733. The van der Waals surface area contributed by atoms with Crippen molar-refractivity contribution < 1.29 is 18.8 Å². The highest BCUT2D eigenvalue weighted by atomic mass is 19.1. The highest BCUT2D eigenvalue weighted by Gasteiger charge is 2.52. The van der Waals surface area contributed by atoms with Gasteiger partial charge >= 0.3 is 7.12 Å². The second-order valence-corrected chi connectivity index (χ2v) is 6.53. The number of rotatable bonds is 4. The topological polar surface area (TPSA) is 38.7 Å². The first kappa shape index (κ1) is 17.2. The normalized spacial score (nSPS) is 23.2. The van der Waals surface area contributed by atoms with Crippen LogP contribution in [0.5, 0.6) is 0 Å². The Labute approximate surface area is 122 Å². The van der Waals surface area contributed by atoms with Gasteiger partial charge < -0.3 is 14.4 Å². The lowest BCUT2D eigenvalue weighted by Crippen LogP contribution is -2.41. The zero-order chi connectivity index (χ0) is 15.7. The Morgan fingerprint density at radius 1 is 1.20 bits per heavy atom. The van der Waals surface area contributed by atoms with Gasteiger partial charge in [0.1, 0.15) is 5.83 Å². The van der Waals surface area contributed by atoms with Crippen LogP contribution in [0.4, 0.5) is 4.39 Å². The number of aliphatic hydroxyl groups excluding tert-OH is 1. The smallest absolute Gasteiger partial charge is 0.498 e. The summed E-state index contributed by atoms with van der Waals surface area (Å²) >= 11 is 0. The summed E-state index contributed by atoms with van der Waals surface area (Å²) in [7, 11) is -0.746. The van der Waals surface area contributed by atoms with Crippen molar-refractivity contribution in [2.24, 2.45) is 5.92 Å². The van der Waals surface area contributed by atoms with Crippen molar-refractivity contribution in [2.75, 3.05) is 0 Å². The molecule has 114 valence electrons. The minimum absolute atomic E-state index is 0.0966. The van der Waals surface area contributed by atoms with Gasteiger partial charge in [0, 0.05) is 17.8 Å². The molecule has 0 bridgehead atoms. The summed E-state index contributed by atoms with van der Waals surface area (Å²) in [6, 6.07) is 0. The van der Waals surface area contributed by atoms with Gasteiger partial charge in [-0.2, -0.15) is 0 Å². The Morgan fingerprint density at radius 3 is 2.00 bits per heavy atom. The molecule has 0 radical (unpaired) electrons. The molecule has 3 nitrogen and oxygen atoms in total. The highest BCUT2D eigenvalue weighted by molar-refractivity contribution is 6.55. The average molecular weight is 284 g/mol. The maximum absolute atomic E-state index is 13.9. The molecule has 1 heterocycles. The molecule has 1 fully saturated rings. The predicted molar refractivity (Wildman–Crippen MR) is 80.1 cm³/mol. The van der Waals surface area contributed by atoms with Gasteiger partial charge in [-0.25, -0.2) is 4.39 Å². The maximum Gasteiger partial charge on any atom is 0.498 e. The second-order valence-electron chi connectivity index (χ2n) is 6.53. The third-order valence-corrected chi connectivity index (χ3v) is 4.02. The van der Waals surface area contributed by atoms with Gasteiger partial charge in [-0.1, -0.05) is 20.8 Å². The molecule has 0 spiro atoms. The van der Waals surface area contributed by atoms with E-state index in [1.807, 2.05) is 34.6 Å². The fourth-order valence-electron chi connectivity index (χ4n) is 1.78. The van der Waals surface area contributed by atoms with Gasteiger partial charge in [0.25, 0.3) is 0 Å². The minimum atomic E-state index is -0.746. The van der Waals surface area contributed by atoms with Crippen LogP contribution in [0.1, 0.15) is 54.9 Å². The summed E-state index contributed by atoms with van der Waals surface area (Å²) in [5, 5.41) is 10.1. The Hall–Kier alpha value is -0.805. The van der Waals surface area contributed by atoms with E-state index >= 15 is 0 Å². The van der Waals surface area contributed by atoms with Crippen LogP contribution in [0.25, 0.3) is 0 Å². The monoisotopic (exact) mass is 284 g/mol. The number of aliphatic hydroxyl groups is 1. The van der Waals surface area contributed by atoms with Crippen molar-refractivity contribution in [3.63, 3.8) is 0 Å². The van der Waals surface area contributed by atoms with Crippen molar-refractivity contribution in [3.8, 4) is 0 Å². The van der Waals surface area contributed by atoms with Crippen LogP contribution in [0.3, 0.4) is 0 Å². The molecule has 0 amide bonds. The molecule has 0 atom stereocenters. The maximum atomic E-state index is 13.9. The van der Waals surface area contributed by atoms with Gasteiger partial charge in [0.15, 0.2) is 0 Å². The van der Waals surface area contributed by atoms with E-state index in [0.29, 0.717) is 11.9 Å². The molecule has 5 heteroatoms. The van der Waals surface area contributed by atoms with Crippen LogP contribution in [0, 0.1) is 5.92 Å². The minimum Gasteiger partial charge on any atom is -0.513 e. The third-order valence-electron chi connectivity index (χ3n) is 4.02. The number of halogens is 1. The van der Waals surface area contributed by atoms with E-state index in [4.69, 9.17) is 9.31 Å². The van der Waals surface area contributed by atoms with Gasteiger partial charge in [0.2, 0.25) is 0 Å². The molecule has 1 aliphatic heterocycles. The molecule has 1 rings (SSSR count). The molecule has 0 aromatic carbocycles. The van der Waals surface area contributed by atoms with E-state index in [9.17, 15) is 9.50 Å². The SMILES string of the molecule is CC/C(O)=C(\C=C(/F)C(C)C)B1OC(C)(C)C(C)(C)O1. The quantitative estimate of drug-likeness (QED) is 0.474. The lowest BCUT2D eigenvalue weighted by Gasteiger charge is -2.32. The fourth-order valence-corrected chi connectivity index (χ4v) is 1.78. The Bertz CT molecular complexity index is 409. The van der Waals surface area contributed by atoms with Gasteiger partial charge in [-0.05, 0) is 33.8 Å². The molecule has 0 unspecified atom stereocenters. The molecule has 0 aliphatic carbocycles. The molecule has 1 aliphatic rings. The van der Waals surface area contributed by atoms with Crippen LogP contribution >= 0.6 is 0 Å². The summed E-state index contributed by atoms with van der Waals surface area (Å²) in [4.78, 5) is 0. The lowest BCUT2D eigenvalue weighted by atomic mass is 9.76. The first-order valence-electron chi connectivity index (χ1n) is 7.16. The third kappa shape index (κ3) is 3.44. The van der Waals surface area contributed by atoms with Crippen LogP contribution < -0.4 is 0 Å². The zero-order valence-electron chi connectivity index (χ0n) is 13.6. The van der Waals surface area contributed by atoms with Crippen molar-refractivity contribution in [1.29, 1.82) is 0 Å². The van der Waals surface area contributed by atoms with Crippen molar-refractivity contribution >= 4 is 7.12 Å². The Kier molecular flexibility index (Phi) is 5.09. The van der Waals surface area contributed by atoms with Crippen LogP contribution in [0.2, 0.25) is 0 Å². The molecule has 0 aromatic rings. The molecular weight excluding hydrogens is 258 g/mol. The summed E-state index contributed by atoms with van der Waals surface area (Å²) in [6.07, 6.45) is 1.74. The summed E-state index contributed by atoms with van der Waals surface area (Å²) < 4.78 is 25.7. The molecule has 1 saturated heterocycles. The number of hydrogen-bond donors (Lipinski definition) is 1. The first-order valence-corrected chi connectivity index (χ1v) is 7.16. The summed E-state index contributed by atoms with van der Waals surface area (Å²) in [5.74, 6) is -0.439. The standard InChI is InChI=1S/C15H26BFO3/c1-8-13(18)11(9-12(17)10(2)3)16-19-14(4,5)15(6,7)20-16/h9-10,18H,8H2,1-7H3/b12-9-,13-11-. The van der Waals surface area contributed by atoms with Crippen LogP contribution in [0.15, 0.2) is 23.1 Å². The first-order chi connectivity index (χ1) is 9.01.